The molecule has 0 radical (unpaired) electrons. The van der Waals surface area contributed by atoms with E-state index in [2.05, 4.69) is 5.32 Å². The molecule has 0 saturated carbocycles. The maximum Gasteiger partial charge on any atom is 0.238 e. The van der Waals surface area contributed by atoms with Crippen LogP contribution in [0.25, 0.3) is 0 Å². The van der Waals surface area contributed by atoms with Gasteiger partial charge in [0.05, 0.1) is 11.0 Å². The zero-order chi connectivity index (χ0) is 13.1. The molecule has 5 N–H and O–H groups in total. The van der Waals surface area contributed by atoms with Crippen molar-refractivity contribution >= 4 is 10.0 Å². The van der Waals surface area contributed by atoms with Crippen molar-refractivity contribution in [3.8, 4) is 0 Å². The minimum Gasteiger partial charge on any atom is -0.389 e. The molecule has 6 nitrogen and oxygen atoms in total. The largest absolute Gasteiger partial charge is 0.389 e. The lowest BCUT2D eigenvalue weighted by molar-refractivity contribution is 0.0202. The molecule has 1 aromatic rings. The maximum absolute atomic E-state index is 11.0. The molecule has 0 aliphatic carbocycles. The molecular weight excluding hydrogens is 244 g/mol. The third-order valence-corrected chi connectivity index (χ3v) is 3.26. The molecule has 0 bridgehead atoms. The molecular formula is C10H16N2O4S. The Morgan fingerprint density at radius 3 is 2.24 bits per heavy atom. The molecule has 7 heteroatoms. The van der Waals surface area contributed by atoms with Crippen LogP contribution in [0.4, 0.5) is 0 Å². The second-order valence-electron chi connectivity index (χ2n) is 3.68. The molecule has 1 aromatic carbocycles. The van der Waals surface area contributed by atoms with Crippen molar-refractivity contribution in [1.29, 1.82) is 0 Å². The van der Waals surface area contributed by atoms with E-state index >= 15 is 0 Å². The van der Waals surface area contributed by atoms with Gasteiger partial charge >= 0.3 is 0 Å². The number of nitrogens with one attached hydrogen (secondary N) is 1. The number of sulfonamides is 1. The smallest absolute Gasteiger partial charge is 0.238 e. The van der Waals surface area contributed by atoms with E-state index in [1.807, 2.05) is 0 Å². The van der Waals surface area contributed by atoms with Crippen molar-refractivity contribution in [2.75, 3.05) is 13.6 Å². The predicted octanol–water partition coefficient (Wildman–Crippen LogP) is -1.05. The lowest BCUT2D eigenvalue weighted by Gasteiger charge is -2.17. The van der Waals surface area contributed by atoms with Crippen LogP contribution < -0.4 is 10.5 Å². The third kappa shape index (κ3) is 3.76. The van der Waals surface area contributed by atoms with Crippen LogP contribution in [0.3, 0.4) is 0 Å². The molecule has 0 aliphatic rings. The van der Waals surface area contributed by atoms with Gasteiger partial charge in [0.25, 0.3) is 0 Å². The summed E-state index contributed by atoms with van der Waals surface area (Å²) in [5.41, 5.74) is 0.431. The summed E-state index contributed by atoms with van der Waals surface area (Å²) in [5.74, 6) is 0. The van der Waals surface area contributed by atoms with E-state index in [1.165, 1.54) is 24.3 Å². The fourth-order valence-electron chi connectivity index (χ4n) is 1.40. The summed E-state index contributed by atoms with van der Waals surface area (Å²) in [4.78, 5) is -0.0310. The predicted molar refractivity (Wildman–Crippen MR) is 62.7 cm³/mol. The van der Waals surface area contributed by atoms with E-state index in [4.69, 9.17) is 5.14 Å². The van der Waals surface area contributed by atoms with Crippen molar-refractivity contribution in [3.05, 3.63) is 29.8 Å². The lowest BCUT2D eigenvalue weighted by atomic mass is 10.0. The van der Waals surface area contributed by atoms with Crippen LogP contribution >= 0.6 is 0 Å². The Labute approximate surface area is 100 Å². The van der Waals surface area contributed by atoms with Gasteiger partial charge in [-0.1, -0.05) is 12.1 Å². The number of aliphatic hydroxyl groups excluding tert-OH is 2. The average Bonchev–Trinajstić information content (AvgIpc) is 2.27. The minimum atomic E-state index is -3.73. The van der Waals surface area contributed by atoms with Gasteiger partial charge in [-0.15, -0.1) is 0 Å². The van der Waals surface area contributed by atoms with Gasteiger partial charge in [0, 0.05) is 6.54 Å². The molecule has 0 aromatic heterocycles. The number of likely N-dealkylation sites (N-methyl/N-ethyl adjacent to an activating group) is 1. The zero-order valence-electron chi connectivity index (χ0n) is 9.37. The quantitative estimate of drug-likeness (QED) is 0.539. The molecule has 2 unspecified atom stereocenters. The van der Waals surface area contributed by atoms with E-state index in [9.17, 15) is 18.6 Å². The van der Waals surface area contributed by atoms with Crippen LogP contribution in [0.1, 0.15) is 11.7 Å². The number of benzene rings is 1. The van der Waals surface area contributed by atoms with Crippen molar-refractivity contribution in [3.63, 3.8) is 0 Å². The van der Waals surface area contributed by atoms with Gasteiger partial charge in [-0.05, 0) is 24.7 Å². The first-order chi connectivity index (χ1) is 7.86. The number of aliphatic hydroxyl groups is 2. The van der Waals surface area contributed by atoms with Crippen molar-refractivity contribution in [2.45, 2.75) is 17.1 Å². The van der Waals surface area contributed by atoms with E-state index in [-0.39, 0.29) is 11.4 Å². The molecule has 0 saturated heterocycles. The van der Waals surface area contributed by atoms with Gasteiger partial charge in [0.2, 0.25) is 10.0 Å². The third-order valence-electron chi connectivity index (χ3n) is 2.33. The monoisotopic (exact) mass is 260 g/mol. The van der Waals surface area contributed by atoms with Gasteiger partial charge in [-0.25, -0.2) is 13.6 Å². The Morgan fingerprint density at radius 1 is 1.29 bits per heavy atom. The van der Waals surface area contributed by atoms with Crippen LogP contribution in [0, 0.1) is 0 Å². The number of rotatable bonds is 5. The molecule has 0 aliphatic heterocycles. The highest BCUT2D eigenvalue weighted by Gasteiger charge is 2.18. The minimum absolute atomic E-state index is 0.0310. The van der Waals surface area contributed by atoms with Gasteiger partial charge in [0.1, 0.15) is 6.10 Å². The second kappa shape index (κ2) is 5.56. The Hall–Kier alpha value is -0.990. The van der Waals surface area contributed by atoms with Crippen LogP contribution in [0.15, 0.2) is 29.2 Å². The van der Waals surface area contributed by atoms with E-state index < -0.39 is 22.2 Å². The summed E-state index contributed by atoms with van der Waals surface area (Å²) in [6, 6.07) is 5.42. The van der Waals surface area contributed by atoms with Crippen molar-refractivity contribution in [2.24, 2.45) is 5.14 Å². The molecule has 1 rings (SSSR count). The summed E-state index contributed by atoms with van der Waals surface area (Å²) >= 11 is 0. The summed E-state index contributed by atoms with van der Waals surface area (Å²) in [7, 11) is -2.08. The van der Waals surface area contributed by atoms with Crippen LogP contribution in [0.2, 0.25) is 0 Å². The van der Waals surface area contributed by atoms with Gasteiger partial charge < -0.3 is 15.5 Å². The first-order valence-corrected chi connectivity index (χ1v) is 6.54. The first-order valence-electron chi connectivity index (χ1n) is 4.99. The fraction of sp³-hybridized carbons (Fsp3) is 0.400. The Morgan fingerprint density at radius 2 is 1.82 bits per heavy atom. The number of nitrogens with two attached hydrogens (primary N) is 1. The fourth-order valence-corrected chi connectivity index (χ4v) is 1.91. The molecule has 96 valence electrons. The highest BCUT2D eigenvalue weighted by atomic mass is 32.2. The summed E-state index contributed by atoms with van der Waals surface area (Å²) in [5, 5.41) is 27.0. The number of primary sulfonamides is 1. The average molecular weight is 260 g/mol. The number of hydrogen-bond acceptors (Lipinski definition) is 5. The highest BCUT2D eigenvalue weighted by molar-refractivity contribution is 7.89. The Balaban J connectivity index is 2.88. The highest BCUT2D eigenvalue weighted by Crippen LogP contribution is 2.18. The molecule has 0 heterocycles. The van der Waals surface area contributed by atoms with E-state index in [0.29, 0.717) is 5.56 Å². The SMILES string of the molecule is CNCC(O)C(O)c1ccc(S(N)(=O)=O)cc1. The lowest BCUT2D eigenvalue weighted by Crippen LogP contribution is -2.29. The van der Waals surface area contributed by atoms with E-state index in [1.54, 1.807) is 7.05 Å². The first kappa shape index (κ1) is 14.1. The zero-order valence-corrected chi connectivity index (χ0v) is 10.2. The summed E-state index contributed by atoms with van der Waals surface area (Å²) in [6.07, 6.45) is -2.03. The Kier molecular flexibility index (Phi) is 4.61. The molecule has 2 atom stereocenters. The van der Waals surface area contributed by atoms with Crippen molar-refractivity contribution in [1.82, 2.24) is 5.32 Å². The van der Waals surface area contributed by atoms with Gasteiger partial charge in [-0.3, -0.25) is 0 Å². The molecule has 0 fully saturated rings. The van der Waals surface area contributed by atoms with Crippen LogP contribution in [-0.4, -0.2) is 38.3 Å². The van der Waals surface area contributed by atoms with E-state index in [0.717, 1.165) is 0 Å². The molecule has 17 heavy (non-hydrogen) atoms. The summed E-state index contributed by atoms with van der Waals surface area (Å²) in [6.45, 7) is 0.234. The summed E-state index contributed by atoms with van der Waals surface area (Å²) < 4.78 is 22.0. The molecule has 0 spiro atoms. The molecule has 0 amide bonds. The van der Waals surface area contributed by atoms with Crippen LogP contribution in [0.5, 0.6) is 0 Å². The standard InChI is InChI=1S/C10H16N2O4S/c1-12-6-9(13)10(14)7-2-4-8(5-3-7)17(11,15)16/h2-5,9-10,12-14H,6H2,1H3,(H2,11,15,16). The Bertz CT molecular complexity index is 458. The van der Waals surface area contributed by atoms with Gasteiger partial charge in [-0.2, -0.15) is 0 Å². The van der Waals surface area contributed by atoms with Gasteiger partial charge in [0.15, 0.2) is 0 Å². The maximum atomic E-state index is 11.0. The number of hydrogen-bond donors (Lipinski definition) is 4. The van der Waals surface area contributed by atoms with Crippen molar-refractivity contribution < 1.29 is 18.6 Å². The second-order valence-corrected chi connectivity index (χ2v) is 5.25. The van der Waals surface area contributed by atoms with Crippen LogP contribution in [-0.2, 0) is 10.0 Å². The topological polar surface area (TPSA) is 113 Å². The normalized spacial score (nSPS) is 15.5.